The molecule has 0 aliphatic heterocycles. The lowest BCUT2D eigenvalue weighted by molar-refractivity contribution is -0.137. The van der Waals surface area contributed by atoms with Crippen LogP contribution in [0.3, 0.4) is 0 Å². The van der Waals surface area contributed by atoms with Gasteiger partial charge in [0.15, 0.2) is 5.82 Å². The van der Waals surface area contributed by atoms with Crippen LogP contribution in [0.15, 0.2) is 53.8 Å². The molecule has 146 valence electrons. The molecule has 3 rings (SSSR count). The molecular weight excluding hydrogens is 395 g/mol. The van der Waals surface area contributed by atoms with Crippen LogP contribution < -0.4 is 10.1 Å². The maximum Gasteiger partial charge on any atom is 0.416 e. The Morgan fingerprint density at radius 2 is 2.07 bits per heavy atom. The van der Waals surface area contributed by atoms with Crippen LogP contribution in [-0.2, 0) is 11.0 Å². The monoisotopic (exact) mass is 409 g/mol. The molecule has 0 spiro atoms. The Kier molecular flexibility index (Phi) is 5.83. The molecule has 0 atom stereocenters. The minimum atomic E-state index is -4.52. The van der Waals surface area contributed by atoms with E-state index in [-0.39, 0.29) is 17.2 Å². The van der Waals surface area contributed by atoms with Crippen molar-refractivity contribution in [3.8, 4) is 11.6 Å². The van der Waals surface area contributed by atoms with Gasteiger partial charge in [-0.25, -0.2) is 4.68 Å². The van der Waals surface area contributed by atoms with Crippen LogP contribution in [0.2, 0.25) is 0 Å². The fraction of sp³-hybridized carbons (Fsp3) is 0.176. The molecule has 2 aromatic heterocycles. The summed E-state index contributed by atoms with van der Waals surface area (Å²) in [6, 6.07) is 7.99. The number of anilines is 1. The summed E-state index contributed by atoms with van der Waals surface area (Å²) in [4.78, 5) is 12.1. The number of halogens is 3. The van der Waals surface area contributed by atoms with Crippen LogP contribution in [-0.4, -0.2) is 38.7 Å². The van der Waals surface area contributed by atoms with Gasteiger partial charge in [0.1, 0.15) is 10.8 Å². The molecule has 0 fully saturated rings. The Labute approximate surface area is 161 Å². The maximum atomic E-state index is 12.9. The molecule has 7 nitrogen and oxygen atoms in total. The number of aromatic nitrogens is 4. The fourth-order valence-corrected chi connectivity index (χ4v) is 2.84. The number of nitrogens with one attached hydrogen (secondary N) is 1. The summed E-state index contributed by atoms with van der Waals surface area (Å²) in [5, 5.41) is 14.9. The van der Waals surface area contributed by atoms with Crippen LogP contribution in [0.4, 0.5) is 18.9 Å². The Morgan fingerprint density at radius 3 is 2.68 bits per heavy atom. The number of carbonyl (C=O) groups is 1. The van der Waals surface area contributed by atoms with Crippen molar-refractivity contribution in [1.29, 1.82) is 0 Å². The number of nitrogens with zero attached hydrogens (tertiary/aromatic N) is 4. The largest absolute Gasteiger partial charge is 0.495 e. The molecule has 0 aliphatic rings. The molecule has 11 heteroatoms. The summed E-state index contributed by atoms with van der Waals surface area (Å²) in [5.74, 6) is 0.0950. The molecule has 28 heavy (non-hydrogen) atoms. The van der Waals surface area contributed by atoms with Gasteiger partial charge in [0.05, 0.1) is 24.1 Å². The first kappa shape index (κ1) is 19.7. The number of carbonyl (C=O) groups excluding carboxylic acids is 1. The first-order valence-electron chi connectivity index (χ1n) is 7.88. The van der Waals surface area contributed by atoms with E-state index in [9.17, 15) is 18.0 Å². The highest BCUT2D eigenvalue weighted by Gasteiger charge is 2.31. The predicted octanol–water partition coefficient (Wildman–Crippen LogP) is 3.42. The van der Waals surface area contributed by atoms with Gasteiger partial charge in [-0.1, -0.05) is 11.8 Å². The van der Waals surface area contributed by atoms with Gasteiger partial charge in [0, 0.05) is 12.4 Å². The molecule has 1 N–H and O–H groups in total. The van der Waals surface area contributed by atoms with Gasteiger partial charge >= 0.3 is 6.18 Å². The van der Waals surface area contributed by atoms with Crippen LogP contribution >= 0.6 is 11.8 Å². The van der Waals surface area contributed by atoms with Gasteiger partial charge in [-0.3, -0.25) is 4.79 Å². The van der Waals surface area contributed by atoms with E-state index in [2.05, 4.69) is 20.6 Å². The second kappa shape index (κ2) is 8.30. The SMILES string of the molecule is COc1ccc(C(F)(F)F)cc1NC(=O)CSc1ccc(-n2cccn2)nn1. The zero-order valence-electron chi connectivity index (χ0n) is 14.5. The van der Waals surface area contributed by atoms with Crippen molar-refractivity contribution in [2.45, 2.75) is 11.2 Å². The summed E-state index contributed by atoms with van der Waals surface area (Å²) in [5.41, 5.74) is -0.931. The lowest BCUT2D eigenvalue weighted by atomic mass is 10.2. The Bertz CT molecular complexity index is 946. The van der Waals surface area contributed by atoms with E-state index in [0.717, 1.165) is 30.0 Å². The van der Waals surface area contributed by atoms with E-state index in [0.29, 0.717) is 10.8 Å². The van der Waals surface area contributed by atoms with E-state index in [1.165, 1.54) is 11.8 Å². The number of thioether (sulfide) groups is 1. The van der Waals surface area contributed by atoms with Crippen molar-refractivity contribution in [3.63, 3.8) is 0 Å². The van der Waals surface area contributed by atoms with Gasteiger partial charge in [0.25, 0.3) is 0 Å². The zero-order chi connectivity index (χ0) is 20.1. The van der Waals surface area contributed by atoms with E-state index in [1.54, 1.807) is 30.6 Å². The number of methoxy groups -OCH3 is 1. The zero-order valence-corrected chi connectivity index (χ0v) is 15.3. The van der Waals surface area contributed by atoms with Crippen LogP contribution in [0.5, 0.6) is 5.75 Å². The second-order valence-electron chi connectivity index (χ2n) is 5.43. The minimum absolute atomic E-state index is 0.0527. The topological polar surface area (TPSA) is 81.9 Å². The third-order valence-electron chi connectivity index (χ3n) is 3.52. The molecule has 1 amide bonds. The fourth-order valence-electron chi connectivity index (χ4n) is 2.22. The number of benzene rings is 1. The molecule has 0 radical (unpaired) electrons. The first-order valence-corrected chi connectivity index (χ1v) is 8.87. The van der Waals surface area contributed by atoms with Gasteiger partial charge in [-0.05, 0) is 36.4 Å². The molecular formula is C17H14F3N5O2S. The Morgan fingerprint density at radius 1 is 1.25 bits per heavy atom. The van der Waals surface area contributed by atoms with E-state index >= 15 is 0 Å². The smallest absolute Gasteiger partial charge is 0.416 e. The Hall–Kier alpha value is -3.08. The molecule has 1 aromatic carbocycles. The third-order valence-corrected chi connectivity index (χ3v) is 4.44. The molecule has 3 aromatic rings. The van der Waals surface area contributed by atoms with Crippen molar-refractivity contribution in [2.75, 3.05) is 18.2 Å². The van der Waals surface area contributed by atoms with E-state index in [4.69, 9.17) is 4.74 Å². The van der Waals surface area contributed by atoms with Gasteiger partial charge in [-0.2, -0.15) is 18.3 Å². The number of hydrogen-bond acceptors (Lipinski definition) is 6. The van der Waals surface area contributed by atoms with E-state index < -0.39 is 17.6 Å². The van der Waals surface area contributed by atoms with Crippen LogP contribution in [0.1, 0.15) is 5.56 Å². The minimum Gasteiger partial charge on any atom is -0.495 e. The first-order chi connectivity index (χ1) is 13.4. The maximum absolute atomic E-state index is 12.9. The lowest BCUT2D eigenvalue weighted by Gasteiger charge is -2.13. The average molecular weight is 409 g/mol. The van der Waals surface area contributed by atoms with Crippen molar-refractivity contribution in [1.82, 2.24) is 20.0 Å². The number of alkyl halides is 3. The molecule has 0 unspecified atom stereocenters. The van der Waals surface area contributed by atoms with Crippen molar-refractivity contribution in [2.24, 2.45) is 0 Å². The van der Waals surface area contributed by atoms with Gasteiger partial charge in [0.2, 0.25) is 5.91 Å². The number of ether oxygens (including phenoxy) is 1. The van der Waals surface area contributed by atoms with Crippen molar-refractivity contribution in [3.05, 3.63) is 54.4 Å². The van der Waals surface area contributed by atoms with Gasteiger partial charge in [-0.15, -0.1) is 10.2 Å². The molecule has 0 saturated carbocycles. The van der Waals surface area contributed by atoms with Crippen molar-refractivity contribution < 1.29 is 22.7 Å². The standard InChI is InChI=1S/C17H14F3N5O2S/c1-27-13-4-3-11(17(18,19)20)9-12(13)22-15(26)10-28-16-6-5-14(23-24-16)25-8-2-7-21-25/h2-9H,10H2,1H3,(H,22,26). The second-order valence-corrected chi connectivity index (χ2v) is 6.43. The quantitative estimate of drug-likeness (QED) is 0.629. The molecule has 2 heterocycles. The van der Waals surface area contributed by atoms with Crippen LogP contribution in [0.25, 0.3) is 5.82 Å². The molecule has 0 saturated heterocycles. The highest BCUT2D eigenvalue weighted by molar-refractivity contribution is 7.99. The highest BCUT2D eigenvalue weighted by Crippen LogP contribution is 2.35. The highest BCUT2D eigenvalue weighted by atomic mass is 32.2. The number of hydrogen-bond donors (Lipinski definition) is 1. The lowest BCUT2D eigenvalue weighted by Crippen LogP contribution is -2.16. The number of amides is 1. The third kappa shape index (κ3) is 4.80. The summed E-state index contributed by atoms with van der Waals surface area (Å²) in [6.07, 6.45) is -1.20. The Balaban J connectivity index is 1.63. The van der Waals surface area contributed by atoms with E-state index in [1.807, 2.05) is 0 Å². The summed E-state index contributed by atoms with van der Waals surface area (Å²) in [7, 11) is 1.31. The van der Waals surface area contributed by atoms with Gasteiger partial charge < -0.3 is 10.1 Å². The summed E-state index contributed by atoms with van der Waals surface area (Å²) in [6.45, 7) is 0. The average Bonchev–Trinajstić information content (AvgIpc) is 3.21. The summed E-state index contributed by atoms with van der Waals surface area (Å²) < 4.78 is 45.1. The number of rotatable bonds is 6. The summed E-state index contributed by atoms with van der Waals surface area (Å²) >= 11 is 1.10. The van der Waals surface area contributed by atoms with Crippen molar-refractivity contribution >= 4 is 23.4 Å². The predicted molar refractivity (Wildman–Crippen MR) is 96.5 cm³/mol. The molecule has 0 aliphatic carbocycles. The molecule has 0 bridgehead atoms. The van der Waals surface area contributed by atoms with Crippen LogP contribution in [0, 0.1) is 0 Å². The normalized spacial score (nSPS) is 11.3.